The van der Waals surface area contributed by atoms with E-state index in [2.05, 4.69) is 28.0 Å². The largest absolute Gasteiger partial charge is 0.468 e. The summed E-state index contributed by atoms with van der Waals surface area (Å²) in [6, 6.07) is -2.25. The highest BCUT2D eigenvalue weighted by Crippen LogP contribution is 2.10. The number of carbonyl (C=O) groups is 4. The zero-order valence-electron chi connectivity index (χ0n) is 22.0. The SMILES string of the molecule is CC/C(C)=C/C(/C=C/CC(=O)N[C@H](C(=O)N[C@@H](C)C(=O)N1CCC[C@@H](C(=O)OC)N1)C(C)C)=N\C. The van der Waals surface area contributed by atoms with Crippen LogP contribution < -0.4 is 16.1 Å². The molecule has 0 aromatic carbocycles. The van der Waals surface area contributed by atoms with Crippen molar-refractivity contribution in [3.05, 3.63) is 23.8 Å². The first-order chi connectivity index (χ1) is 16.5. The van der Waals surface area contributed by atoms with Crippen LogP contribution in [0.5, 0.6) is 0 Å². The van der Waals surface area contributed by atoms with Crippen molar-refractivity contribution in [2.75, 3.05) is 20.7 Å². The van der Waals surface area contributed by atoms with Crippen molar-refractivity contribution in [2.24, 2.45) is 10.9 Å². The van der Waals surface area contributed by atoms with Gasteiger partial charge >= 0.3 is 5.97 Å². The summed E-state index contributed by atoms with van der Waals surface area (Å²) in [6.07, 6.45) is 7.65. The lowest BCUT2D eigenvalue weighted by Crippen LogP contribution is -2.60. The molecule has 1 aliphatic rings. The number of hydrazine groups is 1. The number of hydrogen-bond acceptors (Lipinski definition) is 7. The molecule has 196 valence electrons. The van der Waals surface area contributed by atoms with Crippen molar-refractivity contribution in [3.8, 4) is 0 Å². The van der Waals surface area contributed by atoms with Crippen LogP contribution in [0, 0.1) is 5.92 Å². The minimum atomic E-state index is -0.846. The number of esters is 1. The molecular weight excluding hydrogens is 450 g/mol. The summed E-state index contributed by atoms with van der Waals surface area (Å²) < 4.78 is 4.74. The molecule has 1 rings (SSSR count). The number of ether oxygens (including phenoxy) is 1. The number of carbonyl (C=O) groups excluding carboxylic acids is 4. The Balaban J connectivity index is 2.70. The van der Waals surface area contributed by atoms with E-state index < -0.39 is 30.0 Å². The van der Waals surface area contributed by atoms with Gasteiger partial charge < -0.3 is 15.4 Å². The maximum Gasteiger partial charge on any atom is 0.324 e. The van der Waals surface area contributed by atoms with Crippen LogP contribution in [0.4, 0.5) is 0 Å². The minimum absolute atomic E-state index is 0.0929. The van der Waals surface area contributed by atoms with Crippen LogP contribution in [0.3, 0.4) is 0 Å². The van der Waals surface area contributed by atoms with Gasteiger partial charge in [0.05, 0.1) is 12.8 Å². The Hall–Kier alpha value is -3.01. The molecule has 0 bridgehead atoms. The second-order valence-corrected chi connectivity index (χ2v) is 8.96. The van der Waals surface area contributed by atoms with Crippen LogP contribution in [-0.4, -0.2) is 73.2 Å². The van der Waals surface area contributed by atoms with Crippen molar-refractivity contribution in [1.29, 1.82) is 0 Å². The van der Waals surface area contributed by atoms with Gasteiger partial charge in [0.2, 0.25) is 11.8 Å². The maximum absolute atomic E-state index is 12.9. The molecule has 1 fully saturated rings. The standard InChI is InChI=1S/C25H41N5O5/c1-8-17(4)15-19(26-6)11-9-13-21(31)28-22(16(2)3)23(32)27-18(5)24(33)30-14-10-12-20(29-30)25(34)35-7/h9,11,15-16,18,20,22,29H,8,10,12-14H2,1-7H3,(H,27,32)(H,28,31)/b11-9+,17-15+,26-19-/t18-,20-,22-/m0/s1. The van der Waals surface area contributed by atoms with E-state index in [1.807, 2.05) is 26.8 Å². The average Bonchev–Trinajstić information content (AvgIpc) is 2.85. The summed E-state index contributed by atoms with van der Waals surface area (Å²) >= 11 is 0. The summed E-state index contributed by atoms with van der Waals surface area (Å²) in [7, 11) is 2.99. The second kappa shape index (κ2) is 15.1. The van der Waals surface area contributed by atoms with Crippen molar-refractivity contribution in [2.45, 2.75) is 78.4 Å². The lowest BCUT2D eigenvalue weighted by molar-refractivity contribution is -0.150. The van der Waals surface area contributed by atoms with Gasteiger partial charge in [-0.2, -0.15) is 0 Å². The zero-order valence-corrected chi connectivity index (χ0v) is 22.0. The van der Waals surface area contributed by atoms with Gasteiger partial charge in [0.1, 0.15) is 18.1 Å². The molecule has 1 saturated heterocycles. The highest BCUT2D eigenvalue weighted by atomic mass is 16.5. The van der Waals surface area contributed by atoms with E-state index in [1.165, 1.54) is 17.7 Å². The van der Waals surface area contributed by atoms with Crippen LogP contribution in [0.25, 0.3) is 0 Å². The van der Waals surface area contributed by atoms with Gasteiger partial charge in [0, 0.05) is 20.0 Å². The molecule has 35 heavy (non-hydrogen) atoms. The molecule has 3 amide bonds. The summed E-state index contributed by atoms with van der Waals surface area (Å²) in [5.74, 6) is -1.75. The topological polar surface area (TPSA) is 129 Å². The van der Waals surface area contributed by atoms with E-state index in [-0.39, 0.29) is 24.2 Å². The third kappa shape index (κ3) is 10.0. The summed E-state index contributed by atoms with van der Waals surface area (Å²) in [5.41, 5.74) is 4.81. The number of nitrogens with zero attached hydrogens (tertiary/aromatic N) is 2. The lowest BCUT2D eigenvalue weighted by Gasteiger charge is -2.34. The van der Waals surface area contributed by atoms with Crippen LogP contribution in [0.15, 0.2) is 28.8 Å². The predicted octanol–water partition coefficient (Wildman–Crippen LogP) is 1.67. The van der Waals surface area contributed by atoms with Crippen molar-refractivity contribution >= 4 is 29.4 Å². The van der Waals surface area contributed by atoms with Gasteiger partial charge in [0.15, 0.2) is 0 Å². The smallest absolute Gasteiger partial charge is 0.324 e. The van der Waals surface area contributed by atoms with Gasteiger partial charge in [-0.05, 0) is 51.2 Å². The molecule has 0 spiro atoms. The monoisotopic (exact) mass is 491 g/mol. The number of allylic oxidation sites excluding steroid dienone is 3. The van der Waals surface area contributed by atoms with Crippen LogP contribution in [0.1, 0.15) is 60.3 Å². The highest BCUT2D eigenvalue weighted by Gasteiger charge is 2.32. The molecule has 0 aromatic rings. The fraction of sp³-hybridized carbons (Fsp3) is 0.640. The Bertz CT molecular complexity index is 849. The zero-order chi connectivity index (χ0) is 26.5. The Labute approximate surface area is 208 Å². The predicted molar refractivity (Wildman–Crippen MR) is 135 cm³/mol. The molecule has 0 unspecified atom stereocenters. The Morgan fingerprint density at radius 2 is 1.89 bits per heavy atom. The number of aliphatic imine (C=N–C) groups is 1. The first-order valence-electron chi connectivity index (χ1n) is 12.1. The molecule has 0 aliphatic carbocycles. The molecule has 0 aromatic heterocycles. The quantitative estimate of drug-likeness (QED) is 0.298. The van der Waals surface area contributed by atoms with E-state index in [1.54, 1.807) is 26.1 Å². The van der Waals surface area contributed by atoms with Crippen LogP contribution >= 0.6 is 0 Å². The van der Waals surface area contributed by atoms with Gasteiger partial charge in [0.25, 0.3) is 5.91 Å². The summed E-state index contributed by atoms with van der Waals surface area (Å²) in [4.78, 5) is 54.2. The Kier molecular flexibility index (Phi) is 12.9. The third-order valence-electron chi connectivity index (χ3n) is 5.73. The van der Waals surface area contributed by atoms with E-state index in [4.69, 9.17) is 4.74 Å². The Morgan fingerprint density at radius 3 is 2.46 bits per heavy atom. The third-order valence-corrected chi connectivity index (χ3v) is 5.73. The maximum atomic E-state index is 12.9. The Morgan fingerprint density at radius 1 is 1.20 bits per heavy atom. The fourth-order valence-electron chi connectivity index (χ4n) is 3.45. The highest BCUT2D eigenvalue weighted by molar-refractivity contribution is 6.04. The minimum Gasteiger partial charge on any atom is -0.468 e. The molecule has 0 radical (unpaired) electrons. The number of rotatable bonds is 11. The van der Waals surface area contributed by atoms with Gasteiger partial charge in [-0.25, -0.2) is 5.43 Å². The number of nitrogens with one attached hydrogen (secondary N) is 3. The van der Waals surface area contributed by atoms with Gasteiger partial charge in [-0.3, -0.25) is 29.2 Å². The second-order valence-electron chi connectivity index (χ2n) is 8.96. The van der Waals surface area contributed by atoms with Gasteiger partial charge in [-0.15, -0.1) is 0 Å². The molecule has 0 saturated carbocycles. The lowest BCUT2D eigenvalue weighted by atomic mass is 10.0. The first-order valence-corrected chi connectivity index (χ1v) is 12.1. The number of hydrogen-bond donors (Lipinski definition) is 3. The molecule has 3 N–H and O–H groups in total. The van der Waals surface area contributed by atoms with Gasteiger partial charge in [-0.1, -0.05) is 32.4 Å². The average molecular weight is 492 g/mol. The number of methoxy groups -OCH3 is 1. The van der Waals surface area contributed by atoms with E-state index in [0.29, 0.717) is 19.4 Å². The molecule has 10 heteroatoms. The van der Waals surface area contributed by atoms with E-state index in [0.717, 1.165) is 12.1 Å². The molecule has 1 heterocycles. The van der Waals surface area contributed by atoms with E-state index >= 15 is 0 Å². The summed E-state index contributed by atoms with van der Waals surface area (Å²) in [5, 5.41) is 6.78. The first kappa shape index (κ1) is 30.0. The molecular formula is C25H41N5O5. The molecule has 1 aliphatic heterocycles. The van der Waals surface area contributed by atoms with Crippen molar-refractivity contribution < 1.29 is 23.9 Å². The van der Waals surface area contributed by atoms with E-state index in [9.17, 15) is 19.2 Å². The van der Waals surface area contributed by atoms with Crippen molar-refractivity contribution in [1.82, 2.24) is 21.1 Å². The molecule has 10 nitrogen and oxygen atoms in total. The summed E-state index contributed by atoms with van der Waals surface area (Å²) in [6.45, 7) is 9.70. The molecule has 3 atom stereocenters. The fourth-order valence-corrected chi connectivity index (χ4v) is 3.45. The van der Waals surface area contributed by atoms with Crippen LogP contribution in [-0.2, 0) is 23.9 Å². The van der Waals surface area contributed by atoms with Crippen LogP contribution in [0.2, 0.25) is 0 Å². The number of amides is 3. The normalized spacial score (nSPS) is 18.9. The van der Waals surface area contributed by atoms with Crippen molar-refractivity contribution in [3.63, 3.8) is 0 Å².